The maximum atomic E-state index is 11.2. The van der Waals surface area contributed by atoms with Gasteiger partial charge in [0.1, 0.15) is 0 Å². The van der Waals surface area contributed by atoms with Crippen LogP contribution in [0.15, 0.2) is 18.2 Å². The summed E-state index contributed by atoms with van der Waals surface area (Å²) in [5.74, 6) is -0.490. The largest absolute Gasteiger partial charge is 0.396 e. The Bertz CT molecular complexity index is 417. The third kappa shape index (κ3) is 3.63. The first-order chi connectivity index (χ1) is 8.43. The molecule has 0 saturated carbocycles. The zero-order chi connectivity index (χ0) is 13.7. The molecule has 0 saturated heterocycles. The van der Waals surface area contributed by atoms with E-state index in [2.05, 4.69) is 4.90 Å². The van der Waals surface area contributed by atoms with Crippen LogP contribution in [-0.2, 0) is 0 Å². The molecule has 4 N–H and O–H groups in total. The van der Waals surface area contributed by atoms with E-state index in [0.29, 0.717) is 11.3 Å². The third-order valence-electron chi connectivity index (χ3n) is 2.86. The summed E-state index contributed by atoms with van der Waals surface area (Å²) in [5, 5.41) is 0. The van der Waals surface area contributed by atoms with Crippen molar-refractivity contribution in [2.75, 3.05) is 44.9 Å². The second-order valence-corrected chi connectivity index (χ2v) is 4.68. The molecule has 1 amide bonds. The normalized spacial score (nSPS) is 10.7. The Morgan fingerprint density at radius 3 is 2.44 bits per heavy atom. The van der Waals surface area contributed by atoms with E-state index in [1.165, 1.54) is 0 Å². The molecule has 1 aromatic rings. The molecule has 0 aliphatic carbocycles. The molecule has 0 heterocycles. The highest BCUT2D eigenvalue weighted by Gasteiger charge is 2.12. The summed E-state index contributed by atoms with van der Waals surface area (Å²) in [6.45, 7) is 1.89. The molecule has 5 heteroatoms. The second kappa shape index (κ2) is 6.26. The minimum Gasteiger partial charge on any atom is -0.396 e. The Morgan fingerprint density at radius 2 is 1.89 bits per heavy atom. The summed E-state index contributed by atoms with van der Waals surface area (Å²) in [5.41, 5.74) is 12.9. The van der Waals surface area contributed by atoms with Gasteiger partial charge in [0.15, 0.2) is 0 Å². The maximum Gasteiger partial charge on any atom is 0.250 e. The van der Waals surface area contributed by atoms with Gasteiger partial charge in [-0.05, 0) is 39.2 Å². The molecular formula is C13H22N4O. The maximum absolute atomic E-state index is 11.2. The molecule has 1 rings (SSSR count). The van der Waals surface area contributed by atoms with Crippen molar-refractivity contribution in [2.45, 2.75) is 6.42 Å². The molecule has 0 radical (unpaired) electrons. The number of para-hydroxylation sites is 1. The quantitative estimate of drug-likeness (QED) is 0.731. The molecule has 5 nitrogen and oxygen atoms in total. The van der Waals surface area contributed by atoms with Gasteiger partial charge >= 0.3 is 0 Å². The van der Waals surface area contributed by atoms with E-state index in [9.17, 15) is 4.79 Å². The lowest BCUT2D eigenvalue weighted by Gasteiger charge is -2.22. The molecular weight excluding hydrogens is 228 g/mol. The average Bonchev–Trinajstić information content (AvgIpc) is 2.28. The minimum absolute atomic E-state index is 0.381. The Labute approximate surface area is 108 Å². The number of nitrogens with zero attached hydrogens (tertiary/aromatic N) is 2. The summed E-state index contributed by atoms with van der Waals surface area (Å²) >= 11 is 0. The van der Waals surface area contributed by atoms with Gasteiger partial charge < -0.3 is 21.3 Å². The van der Waals surface area contributed by atoms with Gasteiger partial charge in [-0.15, -0.1) is 0 Å². The van der Waals surface area contributed by atoms with Crippen molar-refractivity contribution in [3.05, 3.63) is 23.8 Å². The van der Waals surface area contributed by atoms with E-state index in [1.807, 2.05) is 32.1 Å². The highest BCUT2D eigenvalue weighted by atomic mass is 16.1. The van der Waals surface area contributed by atoms with Crippen molar-refractivity contribution >= 4 is 17.3 Å². The van der Waals surface area contributed by atoms with Crippen molar-refractivity contribution in [1.82, 2.24) is 4.90 Å². The molecule has 0 aliphatic rings. The third-order valence-corrected chi connectivity index (χ3v) is 2.86. The summed E-state index contributed by atoms with van der Waals surface area (Å²) in [4.78, 5) is 15.4. The molecule has 0 fully saturated rings. The van der Waals surface area contributed by atoms with Gasteiger partial charge in [0.25, 0.3) is 5.91 Å². The predicted octanol–water partition coefficient (Wildman–Crippen LogP) is 0.756. The zero-order valence-electron chi connectivity index (χ0n) is 11.3. The van der Waals surface area contributed by atoms with Crippen molar-refractivity contribution in [2.24, 2.45) is 5.73 Å². The van der Waals surface area contributed by atoms with Gasteiger partial charge in [0.05, 0.1) is 16.9 Å². The predicted molar refractivity (Wildman–Crippen MR) is 75.8 cm³/mol. The Balaban J connectivity index is 2.76. The number of hydrogen-bond acceptors (Lipinski definition) is 4. The number of rotatable bonds is 6. The fraction of sp³-hybridized carbons (Fsp3) is 0.462. The standard InChI is InChI=1S/C13H22N4O/c1-16(2)8-5-9-17(3)11-7-4-6-10(12(11)14)13(15)18/h4,6-7H,5,8-9,14H2,1-3H3,(H2,15,18). The van der Waals surface area contributed by atoms with E-state index in [4.69, 9.17) is 11.5 Å². The van der Waals surface area contributed by atoms with E-state index >= 15 is 0 Å². The van der Waals surface area contributed by atoms with Crippen LogP contribution in [0.5, 0.6) is 0 Å². The number of nitrogens with two attached hydrogens (primary N) is 2. The van der Waals surface area contributed by atoms with Crippen LogP contribution in [0.1, 0.15) is 16.8 Å². The summed E-state index contributed by atoms with van der Waals surface area (Å²) < 4.78 is 0. The van der Waals surface area contributed by atoms with Crippen molar-refractivity contribution in [1.29, 1.82) is 0 Å². The molecule has 0 bridgehead atoms. The lowest BCUT2D eigenvalue weighted by molar-refractivity contribution is 0.100. The van der Waals surface area contributed by atoms with Gasteiger partial charge in [-0.3, -0.25) is 4.79 Å². The lowest BCUT2D eigenvalue weighted by Crippen LogP contribution is -2.25. The monoisotopic (exact) mass is 250 g/mol. The number of amides is 1. The molecule has 0 spiro atoms. The van der Waals surface area contributed by atoms with E-state index in [-0.39, 0.29) is 0 Å². The summed E-state index contributed by atoms with van der Waals surface area (Å²) in [7, 11) is 6.05. The highest BCUT2D eigenvalue weighted by molar-refractivity contribution is 6.00. The number of hydrogen-bond donors (Lipinski definition) is 2. The highest BCUT2D eigenvalue weighted by Crippen LogP contribution is 2.25. The fourth-order valence-corrected chi connectivity index (χ4v) is 1.85. The summed E-state index contributed by atoms with van der Waals surface area (Å²) in [6.07, 6.45) is 1.03. The fourth-order valence-electron chi connectivity index (χ4n) is 1.85. The topological polar surface area (TPSA) is 75.6 Å². The number of carbonyl (C=O) groups excluding carboxylic acids is 1. The Kier molecular flexibility index (Phi) is 4.97. The molecule has 18 heavy (non-hydrogen) atoms. The summed E-state index contributed by atoms with van der Waals surface area (Å²) in [6, 6.07) is 5.35. The first kappa shape index (κ1) is 14.3. The Morgan fingerprint density at radius 1 is 1.22 bits per heavy atom. The van der Waals surface area contributed by atoms with Gasteiger partial charge in [-0.1, -0.05) is 6.07 Å². The van der Waals surface area contributed by atoms with Gasteiger partial charge in [0.2, 0.25) is 0 Å². The van der Waals surface area contributed by atoms with Crippen LogP contribution >= 0.6 is 0 Å². The van der Waals surface area contributed by atoms with Crippen molar-refractivity contribution in [3.63, 3.8) is 0 Å². The van der Waals surface area contributed by atoms with Crippen LogP contribution in [0.4, 0.5) is 11.4 Å². The van der Waals surface area contributed by atoms with Gasteiger partial charge in [-0.2, -0.15) is 0 Å². The molecule has 0 unspecified atom stereocenters. The molecule has 0 atom stereocenters. The van der Waals surface area contributed by atoms with Crippen LogP contribution in [-0.4, -0.2) is 45.0 Å². The van der Waals surface area contributed by atoms with Gasteiger partial charge in [-0.25, -0.2) is 0 Å². The average molecular weight is 250 g/mol. The molecule has 0 aliphatic heterocycles. The van der Waals surface area contributed by atoms with Crippen LogP contribution in [0.25, 0.3) is 0 Å². The van der Waals surface area contributed by atoms with E-state index in [0.717, 1.165) is 25.2 Å². The molecule has 100 valence electrons. The van der Waals surface area contributed by atoms with Crippen LogP contribution in [0, 0.1) is 0 Å². The molecule has 1 aromatic carbocycles. The number of nitrogen functional groups attached to an aromatic ring is 1. The number of carbonyl (C=O) groups is 1. The smallest absolute Gasteiger partial charge is 0.250 e. The van der Waals surface area contributed by atoms with E-state index < -0.39 is 5.91 Å². The van der Waals surface area contributed by atoms with E-state index in [1.54, 1.807) is 12.1 Å². The first-order valence-electron chi connectivity index (χ1n) is 5.97. The van der Waals surface area contributed by atoms with Crippen molar-refractivity contribution in [3.8, 4) is 0 Å². The van der Waals surface area contributed by atoms with Crippen molar-refractivity contribution < 1.29 is 4.79 Å². The lowest BCUT2D eigenvalue weighted by atomic mass is 10.1. The minimum atomic E-state index is -0.490. The Hall–Kier alpha value is -1.75. The SMILES string of the molecule is CN(C)CCCN(C)c1cccc(C(N)=O)c1N. The number of primary amides is 1. The second-order valence-electron chi connectivity index (χ2n) is 4.68. The van der Waals surface area contributed by atoms with Gasteiger partial charge in [0, 0.05) is 13.6 Å². The number of benzene rings is 1. The zero-order valence-corrected chi connectivity index (χ0v) is 11.3. The van der Waals surface area contributed by atoms with Crippen LogP contribution in [0.3, 0.4) is 0 Å². The first-order valence-corrected chi connectivity index (χ1v) is 5.97. The van der Waals surface area contributed by atoms with Crippen LogP contribution in [0.2, 0.25) is 0 Å². The molecule has 0 aromatic heterocycles. The number of anilines is 2. The van der Waals surface area contributed by atoms with Crippen LogP contribution < -0.4 is 16.4 Å².